The van der Waals surface area contributed by atoms with E-state index in [0.29, 0.717) is 12.1 Å². The van der Waals surface area contributed by atoms with Gasteiger partial charge in [0.1, 0.15) is 0 Å². The molecule has 0 aliphatic rings. The molecular formula is C11H4F5NO3. The fraction of sp³-hybridized carbons (Fsp3) is 0.0909. The van der Waals surface area contributed by atoms with Crippen molar-refractivity contribution < 1.29 is 36.3 Å². The highest BCUT2D eigenvalue weighted by molar-refractivity contribution is 5.86. The van der Waals surface area contributed by atoms with Crippen molar-refractivity contribution in [3.63, 3.8) is 0 Å². The van der Waals surface area contributed by atoms with Crippen LogP contribution in [0.2, 0.25) is 0 Å². The number of carboxylic acids is 1. The maximum atomic E-state index is 13.0. The molecule has 20 heavy (non-hydrogen) atoms. The van der Waals surface area contributed by atoms with Crippen LogP contribution >= 0.6 is 0 Å². The Morgan fingerprint density at radius 3 is 2.30 bits per heavy atom. The second-order valence-corrected chi connectivity index (χ2v) is 3.63. The van der Waals surface area contributed by atoms with Gasteiger partial charge in [0.25, 0.3) is 0 Å². The van der Waals surface area contributed by atoms with Gasteiger partial charge < -0.3 is 9.52 Å². The minimum atomic E-state index is -5.05. The van der Waals surface area contributed by atoms with Crippen LogP contribution in [0.4, 0.5) is 22.0 Å². The smallest absolute Gasteiger partial charge is 0.437 e. The van der Waals surface area contributed by atoms with Crippen LogP contribution in [-0.2, 0) is 6.18 Å². The summed E-state index contributed by atoms with van der Waals surface area (Å²) in [6.07, 6.45) is -5.05. The summed E-state index contributed by atoms with van der Waals surface area (Å²) in [6, 6.07) is 2.12. The maximum Gasteiger partial charge on any atom is 0.437 e. The molecule has 4 nitrogen and oxygen atoms in total. The van der Waals surface area contributed by atoms with Crippen molar-refractivity contribution in [3.8, 4) is 11.5 Å². The van der Waals surface area contributed by atoms with Crippen molar-refractivity contribution in [3.05, 3.63) is 41.3 Å². The highest BCUT2D eigenvalue weighted by Gasteiger charge is 2.41. The van der Waals surface area contributed by atoms with E-state index in [1.54, 1.807) is 0 Å². The lowest BCUT2D eigenvalue weighted by Crippen LogP contribution is -2.11. The molecule has 2 rings (SSSR count). The summed E-state index contributed by atoms with van der Waals surface area (Å²) in [5.74, 6) is -6.70. The highest BCUT2D eigenvalue weighted by atomic mass is 19.4. The first-order chi connectivity index (χ1) is 9.20. The number of benzene rings is 1. The number of halogens is 5. The van der Waals surface area contributed by atoms with Crippen molar-refractivity contribution in [1.82, 2.24) is 4.98 Å². The second-order valence-electron chi connectivity index (χ2n) is 3.63. The number of hydrogen-bond acceptors (Lipinski definition) is 3. The SMILES string of the molecule is O=C(O)c1oc(-c2ccc(F)c(F)c2)nc1C(F)(F)F. The molecule has 0 spiro atoms. The predicted octanol–water partition coefficient (Wildman–Crippen LogP) is 3.34. The van der Waals surface area contributed by atoms with Gasteiger partial charge >= 0.3 is 12.1 Å². The van der Waals surface area contributed by atoms with Crippen molar-refractivity contribution in [2.45, 2.75) is 6.18 Å². The lowest BCUT2D eigenvalue weighted by molar-refractivity contribution is -0.141. The Labute approximate surface area is 107 Å². The highest BCUT2D eigenvalue weighted by Crippen LogP contribution is 2.34. The molecule has 9 heteroatoms. The molecule has 0 aliphatic carbocycles. The number of alkyl halides is 3. The van der Waals surface area contributed by atoms with Crippen molar-refractivity contribution in [2.24, 2.45) is 0 Å². The molecule has 0 fully saturated rings. The number of hydrogen-bond donors (Lipinski definition) is 1. The zero-order chi connectivity index (χ0) is 15.1. The molecule has 0 atom stereocenters. The Balaban J connectivity index is 2.58. The van der Waals surface area contributed by atoms with Crippen LogP contribution in [0.5, 0.6) is 0 Å². The molecule has 0 saturated carbocycles. The first-order valence-electron chi connectivity index (χ1n) is 4.97. The zero-order valence-electron chi connectivity index (χ0n) is 9.33. The third-order valence-corrected chi connectivity index (χ3v) is 2.26. The van der Waals surface area contributed by atoms with Crippen LogP contribution in [0.1, 0.15) is 16.2 Å². The van der Waals surface area contributed by atoms with Crippen LogP contribution in [0.3, 0.4) is 0 Å². The average Bonchev–Trinajstić information content (AvgIpc) is 2.77. The Bertz CT molecular complexity index is 677. The Morgan fingerprint density at radius 1 is 1.20 bits per heavy atom. The fourth-order valence-electron chi connectivity index (χ4n) is 1.41. The van der Waals surface area contributed by atoms with Crippen molar-refractivity contribution in [1.29, 1.82) is 0 Å². The van der Waals surface area contributed by atoms with Crippen LogP contribution in [0.25, 0.3) is 11.5 Å². The average molecular weight is 293 g/mol. The molecule has 1 aromatic carbocycles. The molecule has 0 bridgehead atoms. The molecule has 0 radical (unpaired) electrons. The number of aromatic carboxylic acids is 1. The third-order valence-electron chi connectivity index (χ3n) is 2.26. The zero-order valence-corrected chi connectivity index (χ0v) is 9.33. The normalized spacial score (nSPS) is 11.7. The minimum absolute atomic E-state index is 0.318. The fourth-order valence-corrected chi connectivity index (χ4v) is 1.41. The first kappa shape index (κ1) is 14.0. The van der Waals surface area contributed by atoms with E-state index >= 15 is 0 Å². The van der Waals surface area contributed by atoms with E-state index in [4.69, 9.17) is 5.11 Å². The number of aromatic nitrogens is 1. The molecule has 1 heterocycles. The Morgan fingerprint density at radius 2 is 1.85 bits per heavy atom. The minimum Gasteiger partial charge on any atom is -0.475 e. The number of carboxylic acid groups (broad SMARTS) is 1. The monoisotopic (exact) mass is 293 g/mol. The van der Waals surface area contributed by atoms with Gasteiger partial charge in [0, 0.05) is 5.56 Å². The summed E-state index contributed by atoms with van der Waals surface area (Å²) < 4.78 is 67.8. The number of nitrogens with zero attached hydrogens (tertiary/aromatic N) is 1. The van der Waals surface area contributed by atoms with Gasteiger partial charge in [0.15, 0.2) is 17.3 Å². The van der Waals surface area contributed by atoms with E-state index in [-0.39, 0.29) is 5.56 Å². The van der Waals surface area contributed by atoms with E-state index in [1.165, 1.54) is 0 Å². The van der Waals surface area contributed by atoms with Gasteiger partial charge in [-0.25, -0.2) is 18.6 Å². The van der Waals surface area contributed by atoms with Gasteiger partial charge in [-0.3, -0.25) is 0 Å². The Kier molecular flexibility index (Phi) is 3.20. The largest absolute Gasteiger partial charge is 0.475 e. The van der Waals surface area contributed by atoms with E-state index in [9.17, 15) is 26.7 Å². The Hall–Kier alpha value is -2.45. The van der Waals surface area contributed by atoms with E-state index in [1.807, 2.05) is 0 Å². The summed E-state index contributed by atoms with van der Waals surface area (Å²) in [7, 11) is 0. The van der Waals surface area contributed by atoms with Crippen LogP contribution in [-0.4, -0.2) is 16.1 Å². The summed E-state index contributed by atoms with van der Waals surface area (Å²) in [5.41, 5.74) is -2.06. The molecule has 2 aromatic rings. The van der Waals surface area contributed by atoms with Gasteiger partial charge in [0.2, 0.25) is 11.7 Å². The van der Waals surface area contributed by atoms with Gasteiger partial charge in [-0.2, -0.15) is 13.2 Å². The molecular weight excluding hydrogens is 289 g/mol. The van der Waals surface area contributed by atoms with Crippen LogP contribution in [0, 0.1) is 11.6 Å². The lowest BCUT2D eigenvalue weighted by atomic mass is 10.2. The van der Waals surface area contributed by atoms with Gasteiger partial charge in [-0.1, -0.05) is 0 Å². The lowest BCUT2D eigenvalue weighted by Gasteiger charge is -2.00. The summed E-state index contributed by atoms with van der Waals surface area (Å²) >= 11 is 0. The molecule has 1 aromatic heterocycles. The topological polar surface area (TPSA) is 63.3 Å². The number of rotatable bonds is 2. The second kappa shape index (κ2) is 4.58. The van der Waals surface area contributed by atoms with Crippen molar-refractivity contribution >= 4 is 5.97 Å². The van der Waals surface area contributed by atoms with E-state index < -0.39 is 41.1 Å². The van der Waals surface area contributed by atoms with Gasteiger partial charge in [0.05, 0.1) is 0 Å². The first-order valence-corrected chi connectivity index (χ1v) is 4.97. The molecule has 0 unspecified atom stereocenters. The third kappa shape index (κ3) is 2.46. The molecule has 1 N–H and O–H groups in total. The van der Waals surface area contributed by atoms with E-state index in [2.05, 4.69) is 9.40 Å². The van der Waals surface area contributed by atoms with Gasteiger partial charge in [-0.05, 0) is 18.2 Å². The summed E-state index contributed by atoms with van der Waals surface area (Å²) in [6.45, 7) is 0. The summed E-state index contributed by atoms with van der Waals surface area (Å²) in [5, 5.41) is 8.62. The number of oxazole rings is 1. The standard InChI is InChI=1S/C11H4F5NO3/c12-5-2-1-4(3-6(5)13)9-17-8(11(14,15)16)7(20-9)10(18)19/h1-3H,(H,18,19). The molecule has 106 valence electrons. The van der Waals surface area contributed by atoms with E-state index in [0.717, 1.165) is 6.07 Å². The van der Waals surface area contributed by atoms with Crippen LogP contribution < -0.4 is 0 Å². The van der Waals surface area contributed by atoms with Gasteiger partial charge in [-0.15, -0.1) is 0 Å². The predicted molar refractivity (Wildman–Crippen MR) is 53.8 cm³/mol. The molecule has 0 saturated heterocycles. The summed E-state index contributed by atoms with van der Waals surface area (Å²) in [4.78, 5) is 13.6. The van der Waals surface area contributed by atoms with Crippen LogP contribution in [0.15, 0.2) is 22.6 Å². The van der Waals surface area contributed by atoms with Crippen molar-refractivity contribution in [2.75, 3.05) is 0 Å². The molecule has 0 aliphatic heterocycles. The number of carbonyl (C=O) groups is 1. The molecule has 0 amide bonds. The quantitative estimate of drug-likeness (QED) is 0.863. The maximum absolute atomic E-state index is 13.0.